The monoisotopic (exact) mass is 444 g/mol. The fourth-order valence-corrected chi connectivity index (χ4v) is 4.12. The lowest BCUT2D eigenvalue weighted by molar-refractivity contribution is -0.113. The van der Waals surface area contributed by atoms with Gasteiger partial charge in [0.1, 0.15) is 10.8 Å². The molecule has 1 amide bonds. The minimum Gasteiger partial charge on any atom is -0.482 e. The Bertz CT molecular complexity index is 1020. The Morgan fingerprint density at radius 3 is 2.83 bits per heavy atom. The molecule has 0 radical (unpaired) electrons. The molecule has 30 heavy (non-hydrogen) atoms. The van der Waals surface area contributed by atoms with Gasteiger partial charge in [0.05, 0.1) is 5.75 Å². The molecule has 1 unspecified atom stereocenters. The highest BCUT2D eigenvalue weighted by Crippen LogP contribution is 2.26. The molecule has 0 saturated heterocycles. The van der Waals surface area contributed by atoms with Gasteiger partial charge in [-0.1, -0.05) is 54.3 Å². The van der Waals surface area contributed by atoms with E-state index in [4.69, 9.17) is 4.74 Å². The molecule has 1 atom stereocenters. The second-order valence-electron chi connectivity index (χ2n) is 6.46. The van der Waals surface area contributed by atoms with E-state index in [2.05, 4.69) is 32.3 Å². The van der Waals surface area contributed by atoms with E-state index < -0.39 is 0 Å². The van der Waals surface area contributed by atoms with Crippen molar-refractivity contribution in [2.45, 2.75) is 45.0 Å². The summed E-state index contributed by atoms with van der Waals surface area (Å²) in [7, 11) is 0. The average Bonchev–Trinajstić information content (AvgIpc) is 3.35. The van der Waals surface area contributed by atoms with Crippen molar-refractivity contribution in [3.8, 4) is 5.75 Å². The molecule has 2 aromatic heterocycles. The number of allylic oxidation sites excluding steroid dienone is 1. The minimum atomic E-state index is -0.310. The fourth-order valence-electron chi connectivity index (χ4n) is 2.67. The molecule has 0 aliphatic rings. The number of benzene rings is 1. The smallest absolute Gasteiger partial charge is 0.236 e. The zero-order valence-corrected chi connectivity index (χ0v) is 18.8. The Balaban J connectivity index is 1.66. The van der Waals surface area contributed by atoms with E-state index >= 15 is 0 Å². The van der Waals surface area contributed by atoms with E-state index in [0.717, 1.165) is 22.7 Å². The first kappa shape index (κ1) is 22.0. The molecule has 0 fully saturated rings. The van der Waals surface area contributed by atoms with Crippen molar-refractivity contribution < 1.29 is 9.53 Å². The lowest BCUT2D eigenvalue weighted by Crippen LogP contribution is -2.15. The van der Waals surface area contributed by atoms with Gasteiger partial charge in [0.15, 0.2) is 17.1 Å². The Morgan fingerprint density at radius 2 is 2.13 bits per heavy atom. The summed E-state index contributed by atoms with van der Waals surface area (Å²) < 4.78 is 8.00. The maximum absolute atomic E-state index is 12.3. The van der Waals surface area contributed by atoms with Crippen LogP contribution in [0, 0.1) is 6.92 Å². The van der Waals surface area contributed by atoms with E-state index in [-0.39, 0.29) is 17.8 Å². The first-order chi connectivity index (χ1) is 14.5. The number of hydrogen-bond acceptors (Lipinski definition) is 8. The minimum absolute atomic E-state index is 0.169. The van der Waals surface area contributed by atoms with Gasteiger partial charge in [-0.2, -0.15) is 0 Å². The van der Waals surface area contributed by atoms with Gasteiger partial charge < -0.3 is 4.74 Å². The Kier molecular flexibility index (Phi) is 7.58. The molecule has 0 saturated carbocycles. The van der Waals surface area contributed by atoms with Gasteiger partial charge in [-0.05, 0) is 31.9 Å². The standard InChI is InChI=1S/C20H24N6O2S2/c1-5-11-26-18(14(4)28-15-10-8-7-9-13(15)3)23-25-20(26)29-12-16(27)21-19-24-22-17(6-2)30-19/h5,7-10,14H,1,6,11-12H2,2-4H3,(H,21,24,27). The van der Waals surface area contributed by atoms with Crippen LogP contribution in [0.2, 0.25) is 0 Å². The van der Waals surface area contributed by atoms with Crippen LogP contribution in [0.4, 0.5) is 5.13 Å². The third kappa shape index (κ3) is 5.45. The molecule has 10 heteroatoms. The third-order valence-electron chi connectivity index (χ3n) is 4.17. The SMILES string of the molecule is C=CCn1c(SCC(=O)Nc2nnc(CC)s2)nnc1C(C)Oc1ccccc1C. The maximum Gasteiger partial charge on any atom is 0.236 e. The summed E-state index contributed by atoms with van der Waals surface area (Å²) >= 11 is 2.68. The third-order valence-corrected chi connectivity index (χ3v) is 6.12. The van der Waals surface area contributed by atoms with E-state index in [1.54, 1.807) is 6.08 Å². The van der Waals surface area contributed by atoms with Crippen LogP contribution in [0.25, 0.3) is 0 Å². The normalized spacial score (nSPS) is 11.8. The number of hydrogen-bond donors (Lipinski definition) is 1. The summed E-state index contributed by atoms with van der Waals surface area (Å²) in [5, 5.41) is 21.3. The zero-order chi connectivity index (χ0) is 21.5. The molecular formula is C20H24N6O2S2. The van der Waals surface area contributed by atoms with E-state index in [0.29, 0.717) is 22.7 Å². The molecular weight excluding hydrogens is 420 g/mol. The molecule has 3 rings (SSSR count). The Hall–Kier alpha value is -2.72. The van der Waals surface area contributed by atoms with Crippen LogP contribution in [0.15, 0.2) is 42.1 Å². The van der Waals surface area contributed by atoms with Gasteiger partial charge in [-0.25, -0.2) is 0 Å². The van der Waals surface area contributed by atoms with E-state index in [9.17, 15) is 4.79 Å². The number of anilines is 1. The molecule has 8 nitrogen and oxygen atoms in total. The number of nitrogens with one attached hydrogen (secondary N) is 1. The molecule has 1 aromatic carbocycles. The van der Waals surface area contributed by atoms with Gasteiger partial charge >= 0.3 is 0 Å². The summed E-state index contributed by atoms with van der Waals surface area (Å²) in [4.78, 5) is 12.3. The summed E-state index contributed by atoms with van der Waals surface area (Å²) in [6, 6.07) is 7.83. The number of ether oxygens (including phenoxy) is 1. The second-order valence-corrected chi connectivity index (χ2v) is 8.46. The van der Waals surface area contributed by atoms with E-state index in [1.165, 1.54) is 23.1 Å². The van der Waals surface area contributed by atoms with E-state index in [1.807, 2.05) is 49.6 Å². The lowest BCUT2D eigenvalue weighted by atomic mass is 10.2. The van der Waals surface area contributed by atoms with Crippen molar-refractivity contribution in [2.75, 3.05) is 11.1 Å². The summed E-state index contributed by atoms with van der Waals surface area (Å²) in [5.74, 6) is 1.49. The summed E-state index contributed by atoms with van der Waals surface area (Å²) in [6.45, 7) is 10.3. The van der Waals surface area contributed by atoms with Gasteiger partial charge in [0, 0.05) is 6.54 Å². The molecule has 0 aliphatic heterocycles. The molecule has 0 spiro atoms. The second kappa shape index (κ2) is 10.4. The van der Waals surface area contributed by atoms with Crippen LogP contribution < -0.4 is 10.1 Å². The number of aromatic nitrogens is 5. The van der Waals surface area contributed by atoms with Crippen molar-refractivity contribution in [1.29, 1.82) is 0 Å². The predicted octanol–water partition coefficient (Wildman–Crippen LogP) is 4.06. The number of carbonyl (C=O) groups excluding carboxylic acids is 1. The zero-order valence-electron chi connectivity index (χ0n) is 17.2. The van der Waals surface area contributed by atoms with Gasteiger partial charge in [-0.3, -0.25) is 14.7 Å². The van der Waals surface area contributed by atoms with Crippen molar-refractivity contribution in [3.63, 3.8) is 0 Å². The molecule has 1 N–H and O–H groups in total. The fraction of sp³-hybridized carbons (Fsp3) is 0.350. The van der Waals surface area contributed by atoms with Crippen LogP contribution in [0.1, 0.15) is 36.3 Å². The quantitative estimate of drug-likeness (QED) is 0.372. The number of aryl methyl sites for hydroxylation is 2. The first-order valence-corrected chi connectivity index (χ1v) is 11.3. The highest BCUT2D eigenvalue weighted by molar-refractivity contribution is 7.99. The number of carbonyl (C=O) groups is 1. The van der Waals surface area contributed by atoms with Gasteiger partial charge in [-0.15, -0.1) is 27.0 Å². The van der Waals surface area contributed by atoms with Crippen molar-refractivity contribution in [1.82, 2.24) is 25.0 Å². The highest BCUT2D eigenvalue weighted by atomic mass is 32.2. The molecule has 0 bridgehead atoms. The molecule has 2 heterocycles. The van der Waals surface area contributed by atoms with Crippen LogP contribution in [-0.4, -0.2) is 36.6 Å². The Morgan fingerprint density at radius 1 is 1.33 bits per heavy atom. The van der Waals surface area contributed by atoms with Crippen LogP contribution >= 0.6 is 23.1 Å². The number of thioether (sulfide) groups is 1. The van der Waals surface area contributed by atoms with Crippen molar-refractivity contribution in [2.24, 2.45) is 0 Å². The summed E-state index contributed by atoms with van der Waals surface area (Å²) in [5.41, 5.74) is 1.05. The van der Waals surface area contributed by atoms with Gasteiger partial charge in [0.2, 0.25) is 11.0 Å². The Labute approximate surface area is 183 Å². The van der Waals surface area contributed by atoms with Crippen LogP contribution in [0.5, 0.6) is 5.75 Å². The lowest BCUT2D eigenvalue weighted by Gasteiger charge is -2.17. The molecule has 0 aliphatic carbocycles. The first-order valence-electron chi connectivity index (χ1n) is 9.53. The molecule has 3 aromatic rings. The van der Waals surface area contributed by atoms with Crippen molar-refractivity contribution in [3.05, 3.63) is 53.3 Å². The van der Waals surface area contributed by atoms with Crippen molar-refractivity contribution >= 4 is 34.1 Å². The maximum atomic E-state index is 12.3. The summed E-state index contributed by atoms with van der Waals surface area (Å²) in [6.07, 6.45) is 2.25. The van der Waals surface area contributed by atoms with Gasteiger partial charge in [0.25, 0.3) is 0 Å². The molecule has 158 valence electrons. The van der Waals surface area contributed by atoms with Crippen LogP contribution in [0.3, 0.4) is 0 Å². The van der Waals surface area contributed by atoms with Crippen LogP contribution in [-0.2, 0) is 17.8 Å². The average molecular weight is 445 g/mol. The highest BCUT2D eigenvalue weighted by Gasteiger charge is 2.20. The number of amides is 1. The number of rotatable bonds is 10. The number of nitrogens with zero attached hydrogens (tertiary/aromatic N) is 5. The number of para-hydroxylation sites is 1. The largest absolute Gasteiger partial charge is 0.482 e. The predicted molar refractivity (Wildman–Crippen MR) is 119 cm³/mol. The topological polar surface area (TPSA) is 94.8 Å².